The Labute approximate surface area is 121 Å². The van der Waals surface area contributed by atoms with Gasteiger partial charge in [0.2, 0.25) is 0 Å². The van der Waals surface area contributed by atoms with Crippen LogP contribution in [0.4, 0.5) is 5.82 Å². The highest BCUT2D eigenvalue weighted by molar-refractivity contribution is 7.92. The van der Waals surface area contributed by atoms with Crippen molar-refractivity contribution in [2.24, 2.45) is 0 Å². The highest BCUT2D eigenvalue weighted by Crippen LogP contribution is 2.19. The first-order valence-electron chi connectivity index (χ1n) is 5.43. The van der Waals surface area contributed by atoms with Gasteiger partial charge in [-0.2, -0.15) is 5.26 Å². The van der Waals surface area contributed by atoms with Gasteiger partial charge in [-0.25, -0.2) is 18.4 Å². The van der Waals surface area contributed by atoms with Crippen LogP contribution in [0.25, 0.3) is 0 Å². The fourth-order valence-corrected chi connectivity index (χ4v) is 2.88. The Morgan fingerprint density at radius 1 is 1.30 bits per heavy atom. The summed E-state index contributed by atoms with van der Waals surface area (Å²) in [5.74, 6) is 0.0520. The van der Waals surface area contributed by atoms with Crippen LogP contribution in [0.15, 0.2) is 35.5 Å². The molecule has 0 aliphatic carbocycles. The number of nitrogens with zero attached hydrogens (tertiary/aromatic N) is 3. The van der Waals surface area contributed by atoms with E-state index in [1.807, 2.05) is 6.07 Å². The third-order valence-corrected chi connectivity index (χ3v) is 4.16. The number of nitriles is 1. The first kappa shape index (κ1) is 14.2. The van der Waals surface area contributed by atoms with Crippen LogP contribution in [0.5, 0.6) is 0 Å². The van der Waals surface area contributed by atoms with Crippen LogP contribution in [0.1, 0.15) is 11.1 Å². The van der Waals surface area contributed by atoms with Crippen molar-refractivity contribution in [2.75, 3.05) is 4.72 Å². The Hall–Kier alpha value is -2.17. The standard InChI is InChI=1S/C12H9ClN4O2S/c1-8-2-3-9(5-14)4-10(8)20(18,19)17-12-7-15-11(13)6-16-12/h2-4,6-7H,1H3,(H,16,17). The molecular formula is C12H9ClN4O2S. The number of rotatable bonds is 3. The third kappa shape index (κ3) is 3.04. The number of sulfonamides is 1. The van der Waals surface area contributed by atoms with E-state index < -0.39 is 10.0 Å². The smallest absolute Gasteiger partial charge is 0.262 e. The predicted octanol–water partition coefficient (Wildman–Crippen LogP) is 2.11. The van der Waals surface area contributed by atoms with Gasteiger partial charge in [0, 0.05) is 0 Å². The largest absolute Gasteiger partial charge is 0.263 e. The fraction of sp³-hybridized carbons (Fsp3) is 0.0833. The molecule has 8 heteroatoms. The molecule has 1 aromatic carbocycles. The van der Waals surface area contributed by atoms with Gasteiger partial charge in [-0.3, -0.25) is 4.72 Å². The predicted molar refractivity (Wildman–Crippen MR) is 73.7 cm³/mol. The molecule has 2 aromatic rings. The topological polar surface area (TPSA) is 95.7 Å². The van der Waals surface area contributed by atoms with Gasteiger partial charge in [-0.1, -0.05) is 17.7 Å². The van der Waals surface area contributed by atoms with Crippen molar-refractivity contribution in [3.8, 4) is 6.07 Å². The summed E-state index contributed by atoms with van der Waals surface area (Å²) in [6.45, 7) is 1.64. The Morgan fingerprint density at radius 3 is 2.65 bits per heavy atom. The minimum atomic E-state index is -3.84. The molecule has 20 heavy (non-hydrogen) atoms. The average molecular weight is 309 g/mol. The third-order valence-electron chi connectivity index (χ3n) is 2.47. The molecule has 0 unspecified atom stereocenters. The van der Waals surface area contributed by atoms with Crippen molar-refractivity contribution in [2.45, 2.75) is 11.8 Å². The lowest BCUT2D eigenvalue weighted by Gasteiger charge is -2.09. The van der Waals surface area contributed by atoms with Gasteiger partial charge < -0.3 is 0 Å². The lowest BCUT2D eigenvalue weighted by atomic mass is 10.2. The van der Waals surface area contributed by atoms with E-state index in [4.69, 9.17) is 16.9 Å². The molecule has 6 nitrogen and oxygen atoms in total. The first-order valence-corrected chi connectivity index (χ1v) is 7.29. The van der Waals surface area contributed by atoms with Crippen LogP contribution in [0, 0.1) is 18.3 Å². The molecule has 1 aromatic heterocycles. The molecule has 0 atom stereocenters. The van der Waals surface area contributed by atoms with Gasteiger partial charge >= 0.3 is 0 Å². The van der Waals surface area contributed by atoms with E-state index in [1.165, 1.54) is 18.5 Å². The molecular weight excluding hydrogens is 300 g/mol. The van der Waals surface area contributed by atoms with Crippen molar-refractivity contribution in [3.63, 3.8) is 0 Å². The zero-order valence-electron chi connectivity index (χ0n) is 10.3. The zero-order valence-corrected chi connectivity index (χ0v) is 11.9. The molecule has 2 rings (SSSR count). The molecule has 0 amide bonds. The second-order valence-corrected chi connectivity index (χ2v) is 5.96. The Kier molecular flexibility index (Phi) is 3.88. The summed E-state index contributed by atoms with van der Waals surface area (Å²) in [5, 5.41) is 9.00. The summed E-state index contributed by atoms with van der Waals surface area (Å²) in [7, 11) is -3.84. The van der Waals surface area contributed by atoms with E-state index in [9.17, 15) is 8.42 Å². The maximum Gasteiger partial charge on any atom is 0.263 e. The number of aromatic nitrogens is 2. The quantitative estimate of drug-likeness (QED) is 0.936. The number of hydrogen-bond donors (Lipinski definition) is 1. The van der Waals surface area contributed by atoms with Crippen LogP contribution in [0.3, 0.4) is 0 Å². The van der Waals surface area contributed by atoms with Crippen LogP contribution in [0.2, 0.25) is 5.15 Å². The average Bonchev–Trinajstić information content (AvgIpc) is 2.41. The van der Waals surface area contributed by atoms with Gasteiger partial charge in [0.25, 0.3) is 10.0 Å². The fourth-order valence-electron chi connectivity index (χ4n) is 1.52. The van der Waals surface area contributed by atoms with E-state index in [1.54, 1.807) is 19.1 Å². The molecule has 1 heterocycles. The molecule has 0 spiro atoms. The van der Waals surface area contributed by atoms with Gasteiger partial charge in [0.05, 0.1) is 28.9 Å². The van der Waals surface area contributed by atoms with Gasteiger partial charge in [0.15, 0.2) is 5.82 Å². The number of anilines is 1. The number of benzene rings is 1. The number of hydrogen-bond acceptors (Lipinski definition) is 5. The molecule has 0 fully saturated rings. The second-order valence-electron chi connectivity index (χ2n) is 3.92. The minimum Gasteiger partial charge on any atom is -0.262 e. The number of aryl methyl sites for hydroxylation is 1. The van der Waals surface area contributed by atoms with Crippen LogP contribution in [-0.2, 0) is 10.0 Å². The lowest BCUT2D eigenvalue weighted by molar-refractivity contribution is 0.600. The summed E-state index contributed by atoms with van der Waals surface area (Å²) >= 11 is 5.58. The van der Waals surface area contributed by atoms with E-state index in [-0.39, 0.29) is 21.4 Å². The lowest BCUT2D eigenvalue weighted by Crippen LogP contribution is -2.15. The highest BCUT2D eigenvalue weighted by Gasteiger charge is 2.18. The minimum absolute atomic E-state index is 0.0216. The Bertz CT molecular complexity index is 782. The summed E-state index contributed by atoms with van der Waals surface area (Å²) in [4.78, 5) is 7.57. The van der Waals surface area contributed by atoms with Crippen LogP contribution in [-0.4, -0.2) is 18.4 Å². The molecule has 0 radical (unpaired) electrons. The van der Waals surface area contributed by atoms with Gasteiger partial charge in [-0.15, -0.1) is 0 Å². The zero-order chi connectivity index (χ0) is 14.8. The van der Waals surface area contributed by atoms with Crippen molar-refractivity contribution in [1.29, 1.82) is 5.26 Å². The molecule has 0 aliphatic rings. The van der Waals surface area contributed by atoms with E-state index in [2.05, 4.69) is 14.7 Å². The number of halogens is 1. The Balaban J connectivity index is 2.40. The molecule has 102 valence electrons. The monoisotopic (exact) mass is 308 g/mol. The van der Waals surface area contributed by atoms with Crippen molar-refractivity contribution in [3.05, 3.63) is 46.9 Å². The van der Waals surface area contributed by atoms with Crippen LogP contribution < -0.4 is 4.72 Å². The summed E-state index contributed by atoms with van der Waals surface area (Å²) in [6, 6.07) is 6.33. The van der Waals surface area contributed by atoms with Crippen molar-refractivity contribution < 1.29 is 8.42 Å². The maximum absolute atomic E-state index is 12.3. The second kappa shape index (κ2) is 5.45. The Morgan fingerprint density at radius 2 is 2.05 bits per heavy atom. The summed E-state index contributed by atoms with van der Waals surface area (Å²) < 4.78 is 26.8. The van der Waals surface area contributed by atoms with Gasteiger partial charge in [-0.05, 0) is 24.6 Å². The maximum atomic E-state index is 12.3. The van der Waals surface area contributed by atoms with Crippen molar-refractivity contribution >= 4 is 27.4 Å². The van der Waals surface area contributed by atoms with Crippen LogP contribution >= 0.6 is 11.6 Å². The van der Waals surface area contributed by atoms with E-state index in [0.29, 0.717) is 5.56 Å². The van der Waals surface area contributed by atoms with Gasteiger partial charge in [0.1, 0.15) is 5.15 Å². The van der Waals surface area contributed by atoms with Crippen molar-refractivity contribution in [1.82, 2.24) is 9.97 Å². The molecule has 0 saturated carbocycles. The molecule has 0 saturated heterocycles. The van der Waals surface area contributed by atoms with E-state index >= 15 is 0 Å². The normalized spacial score (nSPS) is 10.8. The summed E-state index contributed by atoms with van der Waals surface area (Å²) in [5.41, 5.74) is 0.789. The SMILES string of the molecule is Cc1ccc(C#N)cc1S(=O)(=O)Nc1cnc(Cl)cn1. The number of nitrogens with one attached hydrogen (secondary N) is 1. The molecule has 0 bridgehead atoms. The summed E-state index contributed by atoms with van der Waals surface area (Å²) in [6.07, 6.45) is 2.45. The first-order chi connectivity index (χ1) is 9.42. The molecule has 0 aliphatic heterocycles. The van der Waals surface area contributed by atoms with E-state index in [0.717, 1.165) is 0 Å². The highest BCUT2D eigenvalue weighted by atomic mass is 35.5. The molecule has 1 N–H and O–H groups in total.